The lowest BCUT2D eigenvalue weighted by Gasteiger charge is -2.23. The molecule has 0 amide bonds. The third-order valence-corrected chi connectivity index (χ3v) is 3.26. The van der Waals surface area contributed by atoms with Crippen LogP contribution in [0.3, 0.4) is 0 Å². The molecule has 1 heterocycles. The molecule has 1 nitrogen and oxygen atoms in total. The molecule has 0 aromatic carbocycles. The van der Waals surface area contributed by atoms with Crippen LogP contribution in [0.5, 0.6) is 0 Å². The average Bonchev–Trinajstić information content (AvgIpc) is 1.82. The van der Waals surface area contributed by atoms with Crippen LogP contribution in [0.2, 0.25) is 0 Å². The maximum Gasteiger partial charge on any atom is 0.00557 e. The van der Waals surface area contributed by atoms with Gasteiger partial charge in [0, 0.05) is 12.4 Å². The molecule has 0 saturated carbocycles. The van der Waals surface area contributed by atoms with E-state index in [-0.39, 0.29) is 0 Å². The highest BCUT2D eigenvalue weighted by atomic mass is 32.3. The molecule has 0 spiro atoms. The average molecular weight is 169 g/mol. The van der Waals surface area contributed by atoms with Crippen molar-refractivity contribution in [2.24, 2.45) is 0 Å². The smallest absolute Gasteiger partial charge is 0.00557 e. The molecule has 0 bridgehead atoms. The lowest BCUT2D eigenvalue weighted by atomic mass is 10.3. The molecule has 0 radical (unpaired) electrons. The molecule has 0 atom stereocenters. The first kappa shape index (κ1) is 8.47. The second-order valence-electron chi connectivity index (χ2n) is 3.15. The van der Waals surface area contributed by atoms with Gasteiger partial charge in [0.1, 0.15) is 0 Å². The van der Waals surface area contributed by atoms with Gasteiger partial charge in [-0.1, -0.05) is 0 Å². The van der Waals surface area contributed by atoms with Crippen molar-refractivity contribution < 1.29 is 0 Å². The Morgan fingerprint density at radius 2 is 2.00 bits per heavy atom. The zero-order valence-electron chi connectivity index (χ0n) is 7.29. The molecule has 0 aromatic heterocycles. The summed E-state index contributed by atoms with van der Waals surface area (Å²) in [5.74, 6) is 0. The zero-order valence-corrected chi connectivity index (χ0v) is 8.11. The van der Waals surface area contributed by atoms with Crippen LogP contribution in [0.25, 0.3) is 0 Å². The fourth-order valence-electron chi connectivity index (χ4n) is 1.01. The highest BCUT2D eigenvalue weighted by Crippen LogP contribution is 2.44. The van der Waals surface area contributed by atoms with E-state index in [0.717, 1.165) is 0 Å². The van der Waals surface area contributed by atoms with Crippen LogP contribution in [-0.4, -0.2) is 12.5 Å². The van der Waals surface area contributed by atoms with E-state index < -0.39 is 10.0 Å². The van der Waals surface area contributed by atoms with E-state index in [9.17, 15) is 0 Å². The fraction of sp³-hybridized carbons (Fsp3) is 0.333. The van der Waals surface area contributed by atoms with Gasteiger partial charge < -0.3 is 5.32 Å². The van der Waals surface area contributed by atoms with Gasteiger partial charge in [0.15, 0.2) is 0 Å². The summed E-state index contributed by atoms with van der Waals surface area (Å²) in [7, 11) is -0.648. The monoisotopic (exact) mass is 169 g/mol. The predicted molar refractivity (Wildman–Crippen MR) is 54.6 cm³/mol. The molecular formula is C9H15NS. The van der Waals surface area contributed by atoms with Crippen molar-refractivity contribution in [2.75, 3.05) is 12.5 Å². The van der Waals surface area contributed by atoms with E-state index in [2.05, 4.69) is 41.6 Å². The Balaban J connectivity index is 2.92. The summed E-state index contributed by atoms with van der Waals surface area (Å²) < 4.78 is 0. The summed E-state index contributed by atoms with van der Waals surface area (Å²) in [5, 5.41) is 7.66. The van der Waals surface area contributed by atoms with E-state index in [4.69, 9.17) is 0 Å². The largest absolute Gasteiger partial charge is 0.367 e. The Morgan fingerprint density at radius 3 is 2.73 bits per heavy atom. The molecule has 1 N–H and O–H groups in total. The van der Waals surface area contributed by atoms with Gasteiger partial charge in [-0.3, -0.25) is 0 Å². The van der Waals surface area contributed by atoms with Crippen LogP contribution in [0.4, 0.5) is 0 Å². The van der Waals surface area contributed by atoms with Crippen molar-refractivity contribution in [1.29, 1.82) is 0 Å². The van der Waals surface area contributed by atoms with Crippen molar-refractivity contribution >= 4 is 10.0 Å². The second-order valence-corrected chi connectivity index (χ2v) is 6.63. The highest BCUT2D eigenvalue weighted by Gasteiger charge is 2.03. The van der Waals surface area contributed by atoms with Crippen LogP contribution in [0, 0.1) is 0 Å². The first-order valence-electron chi connectivity index (χ1n) is 3.61. The Kier molecular flexibility index (Phi) is 2.45. The van der Waals surface area contributed by atoms with Crippen molar-refractivity contribution in [3.63, 3.8) is 0 Å². The number of rotatable bonds is 0. The van der Waals surface area contributed by atoms with Gasteiger partial charge in [0.05, 0.1) is 0 Å². The molecule has 1 aliphatic rings. The summed E-state index contributed by atoms with van der Waals surface area (Å²) >= 11 is 0. The van der Waals surface area contributed by atoms with Gasteiger partial charge >= 0.3 is 0 Å². The van der Waals surface area contributed by atoms with E-state index in [0.29, 0.717) is 0 Å². The topological polar surface area (TPSA) is 12.0 Å². The standard InChI is InChI=1S/C9H15NS/c1-9-4-5-10-6-7-11(2,3)8-9/h4-8,10H,1-3H3/b5-4?,7-6+,9-8?. The Labute approximate surface area is 70.2 Å². The fourth-order valence-corrected chi connectivity index (χ4v) is 2.55. The second kappa shape index (κ2) is 3.18. The summed E-state index contributed by atoms with van der Waals surface area (Å²) in [6.07, 6.45) is 10.6. The van der Waals surface area contributed by atoms with Gasteiger partial charge in [-0.25, -0.2) is 10.0 Å². The molecule has 1 rings (SSSR count). The molecule has 0 aromatic rings. The summed E-state index contributed by atoms with van der Waals surface area (Å²) in [4.78, 5) is 0. The minimum absolute atomic E-state index is 0.648. The minimum atomic E-state index is -0.648. The first-order valence-corrected chi connectivity index (χ1v) is 6.19. The molecule has 62 valence electrons. The van der Waals surface area contributed by atoms with E-state index >= 15 is 0 Å². The lowest BCUT2D eigenvalue weighted by molar-refractivity contribution is 1.19. The van der Waals surface area contributed by atoms with Gasteiger partial charge in [-0.2, -0.15) is 0 Å². The normalized spacial score (nSPS) is 27.4. The Bertz CT molecular complexity index is 224. The Hall–Kier alpha value is -0.630. The van der Waals surface area contributed by atoms with Crippen molar-refractivity contribution in [1.82, 2.24) is 5.32 Å². The number of hydrogen-bond donors (Lipinski definition) is 1. The van der Waals surface area contributed by atoms with Crippen LogP contribution >= 0.6 is 10.0 Å². The summed E-state index contributed by atoms with van der Waals surface area (Å²) in [5.41, 5.74) is 1.34. The predicted octanol–water partition coefficient (Wildman–Crippen LogP) is 2.54. The van der Waals surface area contributed by atoms with Crippen LogP contribution in [0.15, 0.2) is 34.9 Å². The maximum absolute atomic E-state index is 3.09. The van der Waals surface area contributed by atoms with E-state index in [1.165, 1.54) is 5.57 Å². The summed E-state index contributed by atoms with van der Waals surface area (Å²) in [6, 6.07) is 0. The van der Waals surface area contributed by atoms with Crippen molar-refractivity contribution in [3.8, 4) is 0 Å². The molecular weight excluding hydrogens is 154 g/mol. The molecule has 2 heteroatoms. The highest BCUT2D eigenvalue weighted by molar-refractivity contribution is 8.37. The van der Waals surface area contributed by atoms with E-state index in [1.807, 2.05) is 12.4 Å². The van der Waals surface area contributed by atoms with Crippen LogP contribution in [0.1, 0.15) is 6.92 Å². The Morgan fingerprint density at radius 1 is 1.27 bits per heavy atom. The first-order chi connectivity index (χ1) is 5.10. The molecule has 0 saturated heterocycles. The number of nitrogens with one attached hydrogen (secondary N) is 1. The number of allylic oxidation sites excluding steroid dienone is 2. The van der Waals surface area contributed by atoms with Gasteiger partial charge in [-0.15, -0.1) is 0 Å². The van der Waals surface area contributed by atoms with Crippen molar-refractivity contribution in [3.05, 3.63) is 34.9 Å². The number of hydrogen-bond acceptors (Lipinski definition) is 1. The van der Waals surface area contributed by atoms with Gasteiger partial charge in [0.2, 0.25) is 0 Å². The molecule has 0 aliphatic carbocycles. The third-order valence-electron chi connectivity index (χ3n) is 1.45. The van der Waals surface area contributed by atoms with Gasteiger partial charge in [-0.05, 0) is 41.9 Å². The van der Waals surface area contributed by atoms with Crippen LogP contribution < -0.4 is 5.32 Å². The van der Waals surface area contributed by atoms with E-state index in [1.54, 1.807) is 0 Å². The van der Waals surface area contributed by atoms with Crippen LogP contribution in [-0.2, 0) is 0 Å². The molecule has 11 heavy (non-hydrogen) atoms. The minimum Gasteiger partial charge on any atom is -0.367 e. The third kappa shape index (κ3) is 2.85. The summed E-state index contributed by atoms with van der Waals surface area (Å²) in [6.45, 7) is 2.13. The van der Waals surface area contributed by atoms with Gasteiger partial charge in [0.25, 0.3) is 0 Å². The SMILES string of the molecule is CC1=CS(C)(C)/C=C/NC=C1. The van der Waals surface area contributed by atoms with Crippen molar-refractivity contribution in [2.45, 2.75) is 6.92 Å². The molecule has 0 fully saturated rings. The molecule has 1 aliphatic heterocycles. The zero-order chi connectivity index (χ0) is 8.32. The quantitative estimate of drug-likeness (QED) is 0.587. The lowest BCUT2D eigenvalue weighted by Crippen LogP contribution is -1.97. The maximum atomic E-state index is 3.09. The molecule has 0 unspecified atom stereocenters.